The van der Waals surface area contributed by atoms with E-state index in [1.807, 2.05) is 0 Å². The lowest BCUT2D eigenvalue weighted by Gasteiger charge is -2.36. The van der Waals surface area contributed by atoms with Gasteiger partial charge in [-0.05, 0) is 57.5 Å². The van der Waals surface area contributed by atoms with Crippen LogP contribution in [-0.2, 0) is 11.2 Å². The topological polar surface area (TPSA) is 84.6 Å². The Kier molecular flexibility index (Phi) is 8.22. The van der Waals surface area contributed by atoms with E-state index in [9.17, 15) is 4.79 Å². The van der Waals surface area contributed by atoms with Crippen molar-refractivity contribution in [2.75, 3.05) is 36.9 Å². The number of anilines is 2. The number of rotatable bonds is 11. The Morgan fingerprint density at radius 1 is 1.03 bits per heavy atom. The number of carbonyl (C=O) groups excluding carboxylic acids is 1. The van der Waals surface area contributed by atoms with Crippen molar-refractivity contribution in [3.8, 4) is 6.01 Å². The van der Waals surface area contributed by atoms with Gasteiger partial charge in [0.25, 0.3) is 0 Å². The third-order valence-corrected chi connectivity index (χ3v) is 7.59. The molecule has 2 fully saturated rings. The molecule has 32 heavy (non-hydrogen) atoms. The van der Waals surface area contributed by atoms with E-state index in [-0.39, 0.29) is 5.91 Å². The van der Waals surface area contributed by atoms with Crippen molar-refractivity contribution in [1.29, 1.82) is 0 Å². The fourth-order valence-electron chi connectivity index (χ4n) is 5.58. The molecule has 1 aliphatic carbocycles. The molecule has 1 amide bonds. The second-order valence-electron chi connectivity index (χ2n) is 9.88. The largest absolute Gasteiger partial charge is 0.463 e. The number of likely N-dealkylation sites (tertiary alicyclic amines) is 1. The van der Waals surface area contributed by atoms with Crippen LogP contribution in [0, 0.1) is 5.92 Å². The van der Waals surface area contributed by atoms with Gasteiger partial charge in [0.1, 0.15) is 11.6 Å². The van der Waals surface area contributed by atoms with Gasteiger partial charge in [-0.25, -0.2) is 0 Å². The Balaban J connectivity index is 1.18. The van der Waals surface area contributed by atoms with Crippen molar-refractivity contribution in [2.24, 2.45) is 5.92 Å². The molecule has 3 heterocycles. The third kappa shape index (κ3) is 5.72. The predicted octanol–water partition coefficient (Wildman–Crippen LogP) is 4.34. The number of aromatic nitrogens is 2. The number of carbonyl (C=O) groups is 1. The van der Waals surface area contributed by atoms with Crippen LogP contribution < -0.4 is 15.4 Å². The monoisotopic (exact) mass is 443 g/mol. The SMILES string of the molecule is CCCCOc1nc(N)c2c(n1)N(CCCCCC1CCN(C3CCCC3)CC1)C(=O)C2. The summed E-state index contributed by atoms with van der Waals surface area (Å²) in [5.74, 6) is 2.00. The number of piperidine rings is 1. The molecule has 7 heteroatoms. The van der Waals surface area contributed by atoms with Crippen LogP contribution in [-0.4, -0.2) is 53.1 Å². The third-order valence-electron chi connectivity index (χ3n) is 7.59. The summed E-state index contributed by atoms with van der Waals surface area (Å²) < 4.78 is 5.64. The quantitative estimate of drug-likeness (QED) is 0.512. The van der Waals surface area contributed by atoms with Crippen LogP contribution in [0.2, 0.25) is 0 Å². The van der Waals surface area contributed by atoms with E-state index in [0.717, 1.165) is 43.2 Å². The molecule has 0 unspecified atom stereocenters. The molecule has 4 rings (SSSR count). The molecular formula is C25H41N5O2. The maximum Gasteiger partial charge on any atom is 0.320 e. The molecule has 7 nitrogen and oxygen atoms in total. The first-order valence-corrected chi connectivity index (χ1v) is 13.0. The van der Waals surface area contributed by atoms with Gasteiger partial charge in [-0.3, -0.25) is 9.69 Å². The van der Waals surface area contributed by atoms with Gasteiger partial charge in [-0.2, -0.15) is 9.97 Å². The molecule has 178 valence electrons. The van der Waals surface area contributed by atoms with Crippen LogP contribution >= 0.6 is 0 Å². The van der Waals surface area contributed by atoms with Gasteiger partial charge in [0.15, 0.2) is 0 Å². The van der Waals surface area contributed by atoms with Crippen LogP contribution in [0.25, 0.3) is 0 Å². The van der Waals surface area contributed by atoms with Crippen LogP contribution in [0.15, 0.2) is 0 Å². The lowest BCUT2D eigenvalue weighted by molar-refractivity contribution is -0.117. The van der Waals surface area contributed by atoms with E-state index >= 15 is 0 Å². The molecule has 0 atom stereocenters. The van der Waals surface area contributed by atoms with Crippen molar-refractivity contribution in [3.05, 3.63) is 5.56 Å². The number of nitrogen functional groups attached to an aromatic ring is 1. The smallest absolute Gasteiger partial charge is 0.320 e. The van der Waals surface area contributed by atoms with Crippen LogP contribution in [0.5, 0.6) is 6.01 Å². The number of amides is 1. The summed E-state index contributed by atoms with van der Waals surface area (Å²) in [5.41, 5.74) is 6.85. The van der Waals surface area contributed by atoms with Gasteiger partial charge < -0.3 is 15.4 Å². The number of ether oxygens (including phenoxy) is 1. The summed E-state index contributed by atoms with van der Waals surface area (Å²) in [6.07, 6.45) is 15.5. The molecular weight excluding hydrogens is 402 g/mol. The normalized spacial score (nSPS) is 20.3. The first kappa shape index (κ1) is 23.3. The van der Waals surface area contributed by atoms with E-state index in [2.05, 4.69) is 21.8 Å². The summed E-state index contributed by atoms with van der Waals surface area (Å²) in [6, 6.07) is 1.17. The molecule has 1 aromatic heterocycles. The first-order chi connectivity index (χ1) is 15.7. The average molecular weight is 444 g/mol. The number of fused-ring (bicyclic) bond motifs is 1. The fraction of sp³-hybridized carbons (Fsp3) is 0.800. The van der Waals surface area contributed by atoms with E-state index in [0.29, 0.717) is 37.2 Å². The predicted molar refractivity (Wildman–Crippen MR) is 128 cm³/mol. The van der Waals surface area contributed by atoms with Gasteiger partial charge in [0, 0.05) is 18.2 Å². The van der Waals surface area contributed by atoms with Crippen molar-refractivity contribution in [2.45, 2.75) is 96.4 Å². The zero-order valence-electron chi connectivity index (χ0n) is 19.9. The number of nitrogens with zero attached hydrogens (tertiary/aromatic N) is 4. The summed E-state index contributed by atoms with van der Waals surface area (Å²) in [6.45, 7) is 6.00. The molecule has 1 saturated heterocycles. The fourth-order valence-corrected chi connectivity index (χ4v) is 5.58. The highest BCUT2D eigenvalue weighted by atomic mass is 16.5. The van der Waals surface area contributed by atoms with Crippen molar-refractivity contribution >= 4 is 17.5 Å². The van der Waals surface area contributed by atoms with Crippen LogP contribution in [0.1, 0.15) is 89.5 Å². The Labute approximate surface area is 193 Å². The maximum absolute atomic E-state index is 12.6. The minimum absolute atomic E-state index is 0.0750. The number of nitrogens with two attached hydrogens (primary N) is 1. The molecule has 1 aromatic rings. The second kappa shape index (κ2) is 11.3. The maximum atomic E-state index is 12.6. The molecule has 0 bridgehead atoms. The molecule has 0 radical (unpaired) electrons. The minimum Gasteiger partial charge on any atom is -0.463 e. The van der Waals surface area contributed by atoms with Crippen LogP contribution in [0.4, 0.5) is 11.6 Å². The van der Waals surface area contributed by atoms with Crippen molar-refractivity contribution in [3.63, 3.8) is 0 Å². The van der Waals surface area contributed by atoms with Gasteiger partial charge >= 0.3 is 6.01 Å². The van der Waals surface area contributed by atoms with Crippen LogP contribution in [0.3, 0.4) is 0 Å². The summed E-state index contributed by atoms with van der Waals surface area (Å²) in [7, 11) is 0. The van der Waals surface area contributed by atoms with Crippen molar-refractivity contribution in [1.82, 2.24) is 14.9 Å². The second-order valence-corrected chi connectivity index (χ2v) is 9.88. The number of hydrogen-bond acceptors (Lipinski definition) is 6. The highest BCUT2D eigenvalue weighted by Gasteiger charge is 2.32. The number of unbranched alkanes of at least 4 members (excludes halogenated alkanes) is 3. The first-order valence-electron chi connectivity index (χ1n) is 13.0. The summed E-state index contributed by atoms with van der Waals surface area (Å²) >= 11 is 0. The minimum atomic E-state index is 0.0750. The molecule has 0 aromatic carbocycles. The number of hydrogen-bond donors (Lipinski definition) is 1. The summed E-state index contributed by atoms with van der Waals surface area (Å²) in [5, 5.41) is 0. The molecule has 3 aliphatic rings. The standard InChI is InChI=1S/C25H41N5O2/c1-2-3-17-32-25-27-23(26)21-18-22(31)30(24(21)28-25)14-8-4-5-9-19-12-15-29(16-13-19)20-10-6-7-11-20/h19-20H,2-18H2,1H3,(H2,26,27,28). The lowest BCUT2D eigenvalue weighted by Crippen LogP contribution is -2.40. The van der Waals surface area contributed by atoms with Gasteiger partial charge in [-0.15, -0.1) is 0 Å². The Hall–Kier alpha value is -1.89. The van der Waals surface area contributed by atoms with E-state index in [1.165, 1.54) is 64.5 Å². The van der Waals surface area contributed by atoms with Gasteiger partial charge in [-0.1, -0.05) is 45.4 Å². The molecule has 2 aliphatic heterocycles. The molecule has 0 spiro atoms. The van der Waals surface area contributed by atoms with E-state index < -0.39 is 0 Å². The zero-order valence-corrected chi connectivity index (χ0v) is 19.9. The Morgan fingerprint density at radius 3 is 2.56 bits per heavy atom. The summed E-state index contributed by atoms with van der Waals surface area (Å²) in [4.78, 5) is 25.9. The highest BCUT2D eigenvalue weighted by molar-refractivity contribution is 6.01. The van der Waals surface area contributed by atoms with Gasteiger partial charge in [0.05, 0.1) is 13.0 Å². The van der Waals surface area contributed by atoms with E-state index in [4.69, 9.17) is 10.5 Å². The molecule has 2 N–H and O–H groups in total. The zero-order chi connectivity index (χ0) is 22.3. The molecule has 1 saturated carbocycles. The highest BCUT2D eigenvalue weighted by Crippen LogP contribution is 2.33. The Bertz CT molecular complexity index is 757. The Morgan fingerprint density at radius 2 is 1.81 bits per heavy atom. The van der Waals surface area contributed by atoms with Gasteiger partial charge in [0.2, 0.25) is 5.91 Å². The lowest BCUT2D eigenvalue weighted by atomic mass is 9.90. The van der Waals surface area contributed by atoms with Crippen molar-refractivity contribution < 1.29 is 9.53 Å². The van der Waals surface area contributed by atoms with E-state index in [1.54, 1.807) is 4.90 Å². The average Bonchev–Trinajstić information content (AvgIpc) is 3.43.